The van der Waals surface area contributed by atoms with Gasteiger partial charge in [0.15, 0.2) is 0 Å². The van der Waals surface area contributed by atoms with Crippen LogP contribution in [0.15, 0.2) is 15.0 Å². The first kappa shape index (κ1) is 16.4. The number of hydrogen-bond donors (Lipinski definition) is 0. The number of rotatable bonds is 5. The van der Waals surface area contributed by atoms with Crippen LogP contribution in [0.4, 0.5) is 0 Å². The third-order valence-corrected chi connectivity index (χ3v) is 5.52. The van der Waals surface area contributed by atoms with Crippen LogP contribution in [0.25, 0.3) is 0 Å². The summed E-state index contributed by atoms with van der Waals surface area (Å²) in [5.74, 6) is 1.04. The van der Waals surface area contributed by atoms with Gasteiger partial charge >= 0.3 is 0 Å². The minimum absolute atomic E-state index is 0.150. The van der Waals surface area contributed by atoms with E-state index in [4.69, 9.17) is 4.42 Å². The number of aryl methyl sites for hydroxylation is 1. The van der Waals surface area contributed by atoms with Crippen molar-refractivity contribution in [3.8, 4) is 0 Å². The highest BCUT2D eigenvalue weighted by atomic mass is 32.2. The molecule has 0 bridgehead atoms. The highest BCUT2D eigenvalue weighted by molar-refractivity contribution is 7.99. The fraction of sp³-hybridized carbons (Fsp3) is 0.600. The second kappa shape index (κ2) is 7.44. The van der Waals surface area contributed by atoms with Crippen LogP contribution in [0, 0.1) is 6.92 Å². The SMILES string of the molecule is Cc1nc(Cc2nnc(SCC(=O)N3CCCC[C@@H]3C)o2)cs1. The van der Waals surface area contributed by atoms with Gasteiger partial charge in [-0.25, -0.2) is 4.98 Å². The number of hydrogen-bond acceptors (Lipinski definition) is 7. The molecule has 0 aliphatic carbocycles. The molecule has 1 atom stereocenters. The van der Waals surface area contributed by atoms with Crippen molar-refractivity contribution in [2.45, 2.75) is 50.8 Å². The molecule has 0 aromatic carbocycles. The standard InChI is InChI=1S/C15H20N4O2S2/c1-10-5-3-4-6-19(10)14(20)9-23-15-18-17-13(21-15)7-12-8-22-11(2)16-12/h8,10H,3-7,9H2,1-2H3/t10-/m0/s1. The van der Waals surface area contributed by atoms with Crippen LogP contribution in [0.2, 0.25) is 0 Å². The first-order valence-electron chi connectivity index (χ1n) is 7.77. The first-order chi connectivity index (χ1) is 11.1. The summed E-state index contributed by atoms with van der Waals surface area (Å²) in [6.07, 6.45) is 3.93. The summed E-state index contributed by atoms with van der Waals surface area (Å²) >= 11 is 2.92. The minimum atomic E-state index is 0.150. The minimum Gasteiger partial charge on any atom is -0.416 e. The molecule has 2 aromatic heterocycles. The number of carbonyl (C=O) groups is 1. The van der Waals surface area contributed by atoms with Crippen molar-refractivity contribution in [1.82, 2.24) is 20.1 Å². The lowest BCUT2D eigenvalue weighted by Crippen LogP contribution is -2.42. The maximum absolute atomic E-state index is 12.3. The number of amides is 1. The number of likely N-dealkylation sites (tertiary alicyclic amines) is 1. The zero-order valence-electron chi connectivity index (χ0n) is 13.3. The summed E-state index contributed by atoms with van der Waals surface area (Å²) in [6, 6.07) is 0.336. The van der Waals surface area contributed by atoms with Gasteiger partial charge in [0.05, 0.1) is 22.9 Å². The van der Waals surface area contributed by atoms with Gasteiger partial charge in [-0.05, 0) is 33.1 Å². The normalized spacial score (nSPS) is 18.3. The fourth-order valence-electron chi connectivity index (χ4n) is 2.69. The third-order valence-electron chi connectivity index (χ3n) is 3.89. The molecule has 1 aliphatic rings. The van der Waals surface area contributed by atoms with E-state index in [1.807, 2.05) is 17.2 Å². The molecule has 2 aromatic rings. The average molecular weight is 352 g/mol. The molecular weight excluding hydrogens is 332 g/mol. The molecular formula is C15H20N4O2S2. The van der Waals surface area contributed by atoms with E-state index in [0.29, 0.717) is 29.3 Å². The van der Waals surface area contributed by atoms with Crippen LogP contribution in [0.1, 0.15) is 42.8 Å². The highest BCUT2D eigenvalue weighted by Crippen LogP contribution is 2.22. The van der Waals surface area contributed by atoms with Crippen LogP contribution in [-0.4, -0.2) is 44.3 Å². The van der Waals surface area contributed by atoms with Gasteiger partial charge < -0.3 is 9.32 Å². The van der Waals surface area contributed by atoms with Crippen LogP contribution in [0.3, 0.4) is 0 Å². The van der Waals surface area contributed by atoms with E-state index in [1.54, 1.807) is 11.3 Å². The Morgan fingerprint density at radius 2 is 2.35 bits per heavy atom. The van der Waals surface area contributed by atoms with E-state index in [-0.39, 0.29) is 5.91 Å². The van der Waals surface area contributed by atoms with E-state index in [0.717, 1.165) is 30.1 Å². The summed E-state index contributed by atoms with van der Waals surface area (Å²) in [7, 11) is 0. The summed E-state index contributed by atoms with van der Waals surface area (Å²) in [5, 5.41) is 11.5. The van der Waals surface area contributed by atoms with Gasteiger partial charge in [0.1, 0.15) is 0 Å². The van der Waals surface area contributed by atoms with E-state index in [9.17, 15) is 4.79 Å². The Bertz CT molecular complexity index is 670. The molecule has 23 heavy (non-hydrogen) atoms. The number of aromatic nitrogens is 3. The number of piperidine rings is 1. The lowest BCUT2D eigenvalue weighted by atomic mass is 10.0. The summed E-state index contributed by atoms with van der Waals surface area (Å²) < 4.78 is 5.60. The molecule has 0 saturated carbocycles. The summed E-state index contributed by atoms with van der Waals surface area (Å²) in [6.45, 7) is 4.94. The first-order valence-corrected chi connectivity index (χ1v) is 9.64. The Hall–Kier alpha value is -1.41. The molecule has 6 nitrogen and oxygen atoms in total. The topological polar surface area (TPSA) is 72.1 Å². The number of thiazole rings is 1. The average Bonchev–Trinajstić information content (AvgIpc) is 3.15. The molecule has 3 heterocycles. The van der Waals surface area contributed by atoms with E-state index < -0.39 is 0 Å². The Kier molecular flexibility index (Phi) is 5.32. The Labute approximate surface area is 143 Å². The van der Waals surface area contributed by atoms with Gasteiger partial charge in [-0.3, -0.25) is 4.79 Å². The molecule has 1 fully saturated rings. The van der Waals surface area contributed by atoms with Crippen molar-refractivity contribution >= 4 is 29.0 Å². The van der Waals surface area contributed by atoms with Crippen molar-refractivity contribution in [2.24, 2.45) is 0 Å². The van der Waals surface area contributed by atoms with Gasteiger partial charge in [0.25, 0.3) is 5.22 Å². The van der Waals surface area contributed by atoms with Crippen LogP contribution in [-0.2, 0) is 11.2 Å². The van der Waals surface area contributed by atoms with Gasteiger partial charge in [0.2, 0.25) is 11.8 Å². The number of carbonyl (C=O) groups excluding carboxylic acids is 1. The molecule has 3 rings (SSSR count). The maximum Gasteiger partial charge on any atom is 0.277 e. The molecule has 8 heteroatoms. The van der Waals surface area contributed by atoms with Crippen molar-refractivity contribution < 1.29 is 9.21 Å². The quantitative estimate of drug-likeness (QED) is 0.771. The zero-order valence-corrected chi connectivity index (χ0v) is 15.0. The third kappa shape index (κ3) is 4.32. The smallest absolute Gasteiger partial charge is 0.277 e. The molecule has 1 aliphatic heterocycles. The lowest BCUT2D eigenvalue weighted by molar-refractivity contribution is -0.131. The second-order valence-electron chi connectivity index (χ2n) is 5.72. The van der Waals surface area contributed by atoms with Crippen molar-refractivity contribution in [3.63, 3.8) is 0 Å². The van der Waals surface area contributed by atoms with Crippen molar-refractivity contribution in [1.29, 1.82) is 0 Å². The molecule has 0 spiro atoms. The molecule has 0 N–H and O–H groups in total. The second-order valence-corrected chi connectivity index (χ2v) is 7.71. The van der Waals surface area contributed by atoms with Gasteiger partial charge in [-0.15, -0.1) is 21.5 Å². The molecule has 0 unspecified atom stereocenters. The van der Waals surface area contributed by atoms with E-state index >= 15 is 0 Å². The number of thioether (sulfide) groups is 1. The summed E-state index contributed by atoms with van der Waals surface area (Å²) in [4.78, 5) is 18.6. The van der Waals surface area contributed by atoms with Gasteiger partial charge in [0, 0.05) is 18.0 Å². The van der Waals surface area contributed by atoms with Crippen molar-refractivity contribution in [2.75, 3.05) is 12.3 Å². The predicted octanol–water partition coefficient (Wildman–Crippen LogP) is 2.92. The van der Waals surface area contributed by atoms with Crippen molar-refractivity contribution in [3.05, 3.63) is 22.0 Å². The predicted molar refractivity (Wildman–Crippen MR) is 89.7 cm³/mol. The Morgan fingerprint density at radius 3 is 3.09 bits per heavy atom. The lowest BCUT2D eigenvalue weighted by Gasteiger charge is -2.33. The monoisotopic (exact) mass is 352 g/mol. The zero-order chi connectivity index (χ0) is 16.2. The van der Waals surface area contributed by atoms with Crippen LogP contribution in [0.5, 0.6) is 0 Å². The van der Waals surface area contributed by atoms with E-state index in [1.165, 1.54) is 18.2 Å². The maximum atomic E-state index is 12.3. The number of nitrogens with zero attached hydrogens (tertiary/aromatic N) is 4. The van der Waals surface area contributed by atoms with Crippen LogP contribution < -0.4 is 0 Å². The molecule has 124 valence electrons. The Morgan fingerprint density at radius 1 is 1.48 bits per heavy atom. The van der Waals surface area contributed by atoms with E-state index in [2.05, 4.69) is 22.1 Å². The fourth-order valence-corrected chi connectivity index (χ4v) is 3.97. The molecule has 1 saturated heterocycles. The largest absolute Gasteiger partial charge is 0.416 e. The van der Waals surface area contributed by atoms with Gasteiger partial charge in [-0.2, -0.15) is 0 Å². The molecule has 1 amide bonds. The van der Waals surface area contributed by atoms with Crippen LogP contribution >= 0.6 is 23.1 Å². The summed E-state index contributed by atoms with van der Waals surface area (Å²) in [5.41, 5.74) is 0.936. The molecule has 0 radical (unpaired) electrons. The Balaban J connectivity index is 1.51. The highest BCUT2D eigenvalue weighted by Gasteiger charge is 2.23. The van der Waals surface area contributed by atoms with Gasteiger partial charge in [-0.1, -0.05) is 11.8 Å².